The third-order valence-electron chi connectivity index (χ3n) is 6.85. The molecular formula is C31H24ClN3O6. The lowest BCUT2D eigenvalue weighted by Crippen LogP contribution is -2.26. The fraction of sp³-hybridized carbons (Fsp3) is 0.0968. The van der Waals surface area contributed by atoms with Gasteiger partial charge in [-0.25, -0.2) is 9.59 Å². The van der Waals surface area contributed by atoms with E-state index >= 15 is 0 Å². The number of aromatic carboxylic acids is 1. The summed E-state index contributed by atoms with van der Waals surface area (Å²) in [5.74, 6) is -2.35. The molecule has 4 aromatic rings. The number of hydrazone groups is 1. The Morgan fingerprint density at radius 1 is 0.927 bits per heavy atom. The Balaban J connectivity index is 1.58. The van der Waals surface area contributed by atoms with Gasteiger partial charge in [0.25, 0.3) is 5.91 Å². The van der Waals surface area contributed by atoms with E-state index in [1.165, 1.54) is 36.3 Å². The zero-order valence-corrected chi connectivity index (χ0v) is 23.0. The second-order valence-electron chi connectivity index (χ2n) is 9.44. The summed E-state index contributed by atoms with van der Waals surface area (Å²) in [5, 5.41) is 25.0. The molecular weight excluding hydrogens is 546 g/mol. The maximum absolute atomic E-state index is 13.8. The third kappa shape index (κ3) is 5.10. The molecule has 0 saturated heterocycles. The predicted molar refractivity (Wildman–Crippen MR) is 157 cm³/mol. The number of nitrogens with one attached hydrogen (secondary N) is 1. The Kier molecular flexibility index (Phi) is 7.21. The summed E-state index contributed by atoms with van der Waals surface area (Å²) in [6.07, 6.45) is 0. The summed E-state index contributed by atoms with van der Waals surface area (Å²) >= 11 is 6.34. The van der Waals surface area contributed by atoms with E-state index in [4.69, 9.17) is 16.3 Å². The summed E-state index contributed by atoms with van der Waals surface area (Å²) in [4.78, 5) is 38.9. The fourth-order valence-electron chi connectivity index (χ4n) is 4.56. The lowest BCUT2D eigenvalue weighted by molar-refractivity contribution is -0.111. The molecule has 1 aliphatic rings. The van der Waals surface area contributed by atoms with Gasteiger partial charge in [-0.1, -0.05) is 29.8 Å². The number of ether oxygens (including phenoxy) is 1. The number of esters is 1. The first-order valence-electron chi connectivity index (χ1n) is 12.4. The van der Waals surface area contributed by atoms with Crippen LogP contribution in [0.15, 0.2) is 77.9 Å². The number of hydrogen-bond donors (Lipinski definition) is 3. The normalized spacial score (nSPS) is 13.3. The maximum atomic E-state index is 13.8. The molecule has 0 unspecified atom stereocenters. The number of anilines is 3. The van der Waals surface area contributed by atoms with Crippen molar-refractivity contribution in [2.45, 2.75) is 13.8 Å². The first kappa shape index (κ1) is 27.4. The van der Waals surface area contributed by atoms with Crippen molar-refractivity contribution in [2.75, 3.05) is 17.4 Å². The van der Waals surface area contributed by atoms with E-state index < -0.39 is 17.8 Å². The molecule has 5 rings (SSSR count). The van der Waals surface area contributed by atoms with Crippen LogP contribution in [-0.4, -0.2) is 40.9 Å². The van der Waals surface area contributed by atoms with Crippen LogP contribution < -0.4 is 10.3 Å². The van der Waals surface area contributed by atoms with Crippen molar-refractivity contribution >= 4 is 52.2 Å². The topological polar surface area (TPSA) is 129 Å². The fourth-order valence-corrected chi connectivity index (χ4v) is 4.78. The zero-order valence-electron chi connectivity index (χ0n) is 22.2. The van der Waals surface area contributed by atoms with Crippen LogP contribution in [0.5, 0.6) is 5.75 Å². The molecule has 0 bridgehead atoms. The van der Waals surface area contributed by atoms with Gasteiger partial charge < -0.3 is 14.9 Å². The molecule has 206 valence electrons. The first-order chi connectivity index (χ1) is 19.6. The molecule has 0 radical (unpaired) electrons. The second-order valence-corrected chi connectivity index (χ2v) is 9.88. The Morgan fingerprint density at radius 2 is 1.71 bits per heavy atom. The minimum absolute atomic E-state index is 0.0440. The molecule has 0 aliphatic carbocycles. The lowest BCUT2D eigenvalue weighted by Gasteiger charge is -2.18. The molecule has 1 aliphatic heterocycles. The van der Waals surface area contributed by atoms with Gasteiger partial charge in [-0.2, -0.15) is 5.10 Å². The summed E-state index contributed by atoms with van der Waals surface area (Å²) in [6.45, 7) is 3.90. The van der Waals surface area contributed by atoms with Crippen LogP contribution in [0.2, 0.25) is 5.02 Å². The number of nitrogens with zero attached hydrogens (tertiary/aromatic N) is 2. The van der Waals surface area contributed by atoms with Crippen molar-refractivity contribution in [3.8, 4) is 16.9 Å². The molecule has 1 amide bonds. The average Bonchev–Trinajstić information content (AvgIpc) is 3.24. The molecule has 10 heteroatoms. The number of phenols is 1. The molecule has 0 fully saturated rings. The van der Waals surface area contributed by atoms with E-state index in [1.807, 2.05) is 32.0 Å². The number of hydrogen-bond acceptors (Lipinski definition) is 7. The number of rotatable bonds is 6. The minimum Gasteiger partial charge on any atom is -0.505 e. The van der Waals surface area contributed by atoms with Crippen LogP contribution in [0.1, 0.15) is 37.4 Å². The highest BCUT2D eigenvalue weighted by Gasteiger charge is 2.36. The SMILES string of the molecule is COC(=O)c1ccc2c(c1)N(c1ccc(C)c(C)c1)C(=O)/C2=N/Nc1cc(Cl)cc(-c2cccc(C(=O)O)c2)c1O. The number of fused-ring (bicyclic) bond motifs is 1. The molecule has 0 saturated carbocycles. The summed E-state index contributed by atoms with van der Waals surface area (Å²) < 4.78 is 4.87. The molecule has 1 heterocycles. The van der Waals surface area contributed by atoms with E-state index in [2.05, 4.69) is 10.5 Å². The van der Waals surface area contributed by atoms with E-state index in [0.29, 0.717) is 22.5 Å². The van der Waals surface area contributed by atoms with Gasteiger partial charge in [0.1, 0.15) is 11.4 Å². The number of amides is 1. The Bertz CT molecular complexity index is 1780. The highest BCUT2D eigenvalue weighted by molar-refractivity contribution is 6.55. The molecule has 0 aromatic heterocycles. The van der Waals surface area contributed by atoms with Gasteiger partial charge in [0.2, 0.25) is 0 Å². The largest absolute Gasteiger partial charge is 0.505 e. The highest BCUT2D eigenvalue weighted by atomic mass is 35.5. The summed E-state index contributed by atoms with van der Waals surface area (Å²) in [7, 11) is 1.28. The number of halogens is 1. The van der Waals surface area contributed by atoms with Crippen molar-refractivity contribution in [1.82, 2.24) is 0 Å². The van der Waals surface area contributed by atoms with Crippen molar-refractivity contribution in [1.29, 1.82) is 0 Å². The van der Waals surface area contributed by atoms with Gasteiger partial charge in [-0.15, -0.1) is 0 Å². The van der Waals surface area contributed by atoms with Crippen molar-refractivity contribution in [3.05, 3.63) is 106 Å². The highest BCUT2D eigenvalue weighted by Crippen LogP contribution is 2.40. The average molecular weight is 570 g/mol. The lowest BCUT2D eigenvalue weighted by atomic mass is 10.0. The monoisotopic (exact) mass is 569 g/mol. The summed E-state index contributed by atoms with van der Waals surface area (Å²) in [5.41, 5.74) is 7.46. The summed E-state index contributed by atoms with van der Waals surface area (Å²) in [6, 6.07) is 19.3. The van der Waals surface area contributed by atoms with Crippen molar-refractivity contribution in [2.24, 2.45) is 5.10 Å². The first-order valence-corrected chi connectivity index (χ1v) is 12.8. The number of carboxylic acids is 1. The van der Waals surface area contributed by atoms with E-state index in [9.17, 15) is 24.6 Å². The minimum atomic E-state index is -1.11. The third-order valence-corrected chi connectivity index (χ3v) is 7.07. The van der Waals surface area contributed by atoms with Crippen LogP contribution in [0.25, 0.3) is 11.1 Å². The predicted octanol–water partition coefficient (Wildman–Crippen LogP) is 6.31. The Labute approximate surface area is 240 Å². The molecule has 0 spiro atoms. The number of carbonyl (C=O) groups is 3. The Hall–Kier alpha value is -5.15. The number of aromatic hydroxyl groups is 1. The van der Waals surface area contributed by atoms with Crippen LogP contribution in [-0.2, 0) is 9.53 Å². The van der Waals surface area contributed by atoms with Crippen molar-refractivity contribution in [3.63, 3.8) is 0 Å². The van der Waals surface area contributed by atoms with Crippen LogP contribution in [0.4, 0.5) is 17.1 Å². The smallest absolute Gasteiger partial charge is 0.337 e. The standard InChI is InChI=1S/C31H24ClN3O6/c1-16-7-9-22(11-17(16)2)35-26-13-20(31(40)41-3)8-10-23(26)27(29(35)37)34-33-25-15-21(32)14-24(28(25)36)18-5-4-6-19(12-18)30(38)39/h4-15,33,36H,1-3H3,(H,38,39)/b34-27+. The van der Waals surface area contributed by atoms with Crippen LogP contribution in [0, 0.1) is 13.8 Å². The maximum Gasteiger partial charge on any atom is 0.337 e. The van der Waals surface area contributed by atoms with E-state index in [1.54, 1.807) is 30.3 Å². The number of phenolic OH excluding ortho intramolecular Hbond substituents is 1. The van der Waals surface area contributed by atoms with Crippen molar-refractivity contribution < 1.29 is 29.3 Å². The van der Waals surface area contributed by atoms with Gasteiger partial charge >= 0.3 is 11.9 Å². The number of benzene rings is 4. The van der Waals surface area contributed by atoms with Gasteiger partial charge in [-0.3, -0.25) is 15.1 Å². The number of methoxy groups -OCH3 is 1. The van der Waals surface area contributed by atoms with Gasteiger partial charge in [-0.05, 0) is 85.1 Å². The molecule has 9 nitrogen and oxygen atoms in total. The molecule has 4 aromatic carbocycles. The van der Waals surface area contributed by atoms with Crippen LogP contribution in [0.3, 0.4) is 0 Å². The second kappa shape index (κ2) is 10.8. The van der Waals surface area contributed by atoms with Gasteiger partial charge in [0.15, 0.2) is 5.71 Å². The van der Waals surface area contributed by atoms with Gasteiger partial charge in [0, 0.05) is 21.8 Å². The number of carbonyl (C=O) groups excluding carboxylic acids is 2. The zero-order chi connectivity index (χ0) is 29.4. The number of aryl methyl sites for hydroxylation is 2. The van der Waals surface area contributed by atoms with Gasteiger partial charge in [0.05, 0.1) is 23.9 Å². The quantitative estimate of drug-likeness (QED) is 0.141. The Morgan fingerprint density at radius 3 is 2.41 bits per heavy atom. The molecule has 41 heavy (non-hydrogen) atoms. The molecule has 0 atom stereocenters. The molecule has 3 N–H and O–H groups in total. The van der Waals surface area contributed by atoms with Crippen LogP contribution >= 0.6 is 11.6 Å². The number of carboxylic acid groups (broad SMARTS) is 1. The van der Waals surface area contributed by atoms with E-state index in [0.717, 1.165) is 11.1 Å². The van der Waals surface area contributed by atoms with E-state index in [-0.39, 0.29) is 38.9 Å².